The number of nitrogen functional groups attached to an aromatic ring is 1. The average Bonchev–Trinajstić information content (AvgIpc) is 2.65. The summed E-state index contributed by atoms with van der Waals surface area (Å²) in [6.07, 6.45) is 1.84. The molecule has 1 unspecified atom stereocenters. The summed E-state index contributed by atoms with van der Waals surface area (Å²) in [7, 11) is -3.11. The molecule has 0 radical (unpaired) electrons. The summed E-state index contributed by atoms with van der Waals surface area (Å²) in [5.74, 6) is 0.686. The van der Waals surface area contributed by atoms with Crippen LogP contribution in [0.3, 0.4) is 0 Å². The number of nitrogens with zero attached hydrogens (tertiary/aromatic N) is 1. The zero-order chi connectivity index (χ0) is 12.5. The fraction of sp³-hybridized carbons (Fsp3) is 0.455. The van der Waals surface area contributed by atoms with Crippen LogP contribution in [0.15, 0.2) is 24.3 Å². The predicted molar refractivity (Wildman–Crippen MR) is 66.3 cm³/mol. The van der Waals surface area contributed by atoms with E-state index in [1.54, 1.807) is 12.1 Å². The molecule has 2 N–H and O–H groups in total. The van der Waals surface area contributed by atoms with E-state index in [1.807, 2.05) is 12.1 Å². The Labute approximate surface area is 101 Å². The topological polar surface area (TPSA) is 72.6 Å². The summed E-state index contributed by atoms with van der Waals surface area (Å²) in [5, 5.41) is 0. The largest absolute Gasteiger partial charge is 0.489 e. The van der Waals surface area contributed by atoms with E-state index in [-0.39, 0.29) is 6.10 Å². The molecule has 1 aromatic carbocycles. The third kappa shape index (κ3) is 3.10. The molecule has 5 nitrogen and oxygen atoms in total. The van der Waals surface area contributed by atoms with Gasteiger partial charge in [-0.2, -0.15) is 4.31 Å². The van der Waals surface area contributed by atoms with Crippen molar-refractivity contribution < 1.29 is 13.2 Å². The van der Waals surface area contributed by atoms with Crippen LogP contribution in [0, 0.1) is 0 Å². The lowest BCUT2D eigenvalue weighted by Gasteiger charge is -2.15. The normalized spacial score (nSPS) is 21.6. The SMILES string of the molecule is CS(=O)(=O)N1CCC(Oc2cccc(N)c2)C1. The zero-order valence-corrected chi connectivity index (χ0v) is 10.5. The number of anilines is 1. The third-order valence-electron chi connectivity index (χ3n) is 2.74. The van der Waals surface area contributed by atoms with Gasteiger partial charge >= 0.3 is 0 Å². The van der Waals surface area contributed by atoms with Crippen molar-refractivity contribution in [3.63, 3.8) is 0 Å². The maximum Gasteiger partial charge on any atom is 0.211 e. The number of hydrogen-bond acceptors (Lipinski definition) is 4. The molecule has 0 aromatic heterocycles. The fourth-order valence-corrected chi connectivity index (χ4v) is 2.75. The third-order valence-corrected chi connectivity index (χ3v) is 4.01. The molecule has 1 saturated heterocycles. The van der Waals surface area contributed by atoms with E-state index in [1.165, 1.54) is 10.6 Å². The van der Waals surface area contributed by atoms with E-state index in [9.17, 15) is 8.42 Å². The van der Waals surface area contributed by atoms with Crippen molar-refractivity contribution >= 4 is 15.7 Å². The highest BCUT2D eigenvalue weighted by molar-refractivity contribution is 7.88. The van der Waals surface area contributed by atoms with Crippen molar-refractivity contribution in [3.05, 3.63) is 24.3 Å². The van der Waals surface area contributed by atoms with Gasteiger partial charge in [0.2, 0.25) is 10.0 Å². The number of nitrogens with two attached hydrogens (primary N) is 1. The summed E-state index contributed by atoms with van der Waals surface area (Å²) < 4.78 is 29.8. The van der Waals surface area contributed by atoms with Gasteiger partial charge in [-0.05, 0) is 18.6 Å². The van der Waals surface area contributed by atoms with Gasteiger partial charge in [0.05, 0.1) is 12.8 Å². The zero-order valence-electron chi connectivity index (χ0n) is 9.67. The smallest absolute Gasteiger partial charge is 0.211 e. The highest BCUT2D eigenvalue weighted by Crippen LogP contribution is 2.21. The minimum Gasteiger partial charge on any atom is -0.489 e. The van der Waals surface area contributed by atoms with Crippen molar-refractivity contribution in [2.75, 3.05) is 25.1 Å². The fourth-order valence-electron chi connectivity index (χ4n) is 1.88. The average molecular weight is 256 g/mol. The molecule has 0 bridgehead atoms. The van der Waals surface area contributed by atoms with E-state index in [2.05, 4.69) is 0 Å². The number of benzene rings is 1. The highest BCUT2D eigenvalue weighted by Gasteiger charge is 2.29. The maximum absolute atomic E-state index is 11.3. The Morgan fingerprint density at radius 3 is 2.82 bits per heavy atom. The van der Waals surface area contributed by atoms with Crippen LogP contribution in [0.5, 0.6) is 5.75 Å². The van der Waals surface area contributed by atoms with Gasteiger partial charge in [-0.3, -0.25) is 0 Å². The second-order valence-electron chi connectivity index (χ2n) is 4.22. The quantitative estimate of drug-likeness (QED) is 0.807. The first-order valence-corrected chi connectivity index (χ1v) is 7.27. The molecule has 1 aliphatic heterocycles. The van der Waals surface area contributed by atoms with Crippen LogP contribution in [0.4, 0.5) is 5.69 Å². The molecule has 0 amide bonds. The van der Waals surface area contributed by atoms with Crippen molar-refractivity contribution in [2.45, 2.75) is 12.5 Å². The summed E-state index contributed by atoms with van der Waals surface area (Å²) >= 11 is 0. The van der Waals surface area contributed by atoms with E-state index >= 15 is 0 Å². The second-order valence-corrected chi connectivity index (χ2v) is 6.20. The molecule has 17 heavy (non-hydrogen) atoms. The highest BCUT2D eigenvalue weighted by atomic mass is 32.2. The van der Waals surface area contributed by atoms with Crippen molar-refractivity contribution in [1.29, 1.82) is 0 Å². The van der Waals surface area contributed by atoms with Gasteiger partial charge < -0.3 is 10.5 Å². The van der Waals surface area contributed by atoms with E-state index in [4.69, 9.17) is 10.5 Å². The Kier molecular flexibility index (Phi) is 3.26. The summed E-state index contributed by atoms with van der Waals surface area (Å²) in [4.78, 5) is 0. The van der Waals surface area contributed by atoms with Crippen LogP contribution in [0.25, 0.3) is 0 Å². The second kappa shape index (κ2) is 4.54. The minimum absolute atomic E-state index is 0.0912. The Morgan fingerprint density at radius 1 is 1.47 bits per heavy atom. The molecular weight excluding hydrogens is 240 g/mol. The molecular formula is C11H16N2O3S. The lowest BCUT2D eigenvalue weighted by Crippen LogP contribution is -2.29. The lowest BCUT2D eigenvalue weighted by molar-refractivity contribution is 0.216. The van der Waals surface area contributed by atoms with Gasteiger partial charge in [0.1, 0.15) is 11.9 Å². The molecule has 2 rings (SSSR count). The Morgan fingerprint density at radius 2 is 2.24 bits per heavy atom. The molecule has 1 aromatic rings. The minimum atomic E-state index is -3.11. The van der Waals surface area contributed by atoms with Gasteiger partial charge in [0, 0.05) is 18.3 Å². The monoisotopic (exact) mass is 256 g/mol. The summed E-state index contributed by atoms with van der Waals surface area (Å²) in [6.45, 7) is 0.930. The Hall–Kier alpha value is -1.27. The van der Waals surface area contributed by atoms with Crippen molar-refractivity contribution in [3.8, 4) is 5.75 Å². The molecule has 1 fully saturated rings. The standard InChI is InChI=1S/C11H16N2O3S/c1-17(14,15)13-6-5-11(8-13)16-10-4-2-3-9(12)7-10/h2-4,7,11H,5-6,8,12H2,1H3. The number of sulfonamides is 1. The van der Waals surface area contributed by atoms with Crippen molar-refractivity contribution in [1.82, 2.24) is 4.31 Å². The van der Waals surface area contributed by atoms with Crippen LogP contribution in [0.1, 0.15) is 6.42 Å². The molecule has 1 aliphatic rings. The van der Waals surface area contributed by atoms with E-state index < -0.39 is 10.0 Å². The number of ether oxygens (including phenoxy) is 1. The van der Waals surface area contributed by atoms with Crippen LogP contribution in [-0.2, 0) is 10.0 Å². The lowest BCUT2D eigenvalue weighted by atomic mass is 10.3. The van der Waals surface area contributed by atoms with Gasteiger partial charge in [-0.25, -0.2) is 8.42 Å². The molecule has 0 aliphatic carbocycles. The van der Waals surface area contributed by atoms with Gasteiger partial charge in [-0.1, -0.05) is 6.07 Å². The molecule has 0 spiro atoms. The van der Waals surface area contributed by atoms with Crippen LogP contribution in [-0.4, -0.2) is 38.2 Å². The summed E-state index contributed by atoms with van der Waals surface area (Å²) in [5.41, 5.74) is 6.28. The Bertz CT molecular complexity index is 501. The van der Waals surface area contributed by atoms with Crippen LogP contribution < -0.4 is 10.5 Å². The van der Waals surface area contributed by atoms with E-state index in [0.29, 0.717) is 30.9 Å². The number of rotatable bonds is 3. The first-order chi connectivity index (χ1) is 7.95. The first-order valence-electron chi connectivity index (χ1n) is 5.42. The molecule has 1 heterocycles. The van der Waals surface area contributed by atoms with Gasteiger partial charge in [0.15, 0.2) is 0 Å². The predicted octanol–water partition coefficient (Wildman–Crippen LogP) is 0.681. The van der Waals surface area contributed by atoms with Gasteiger partial charge in [0.25, 0.3) is 0 Å². The Balaban J connectivity index is 1.99. The molecule has 1 atom stereocenters. The van der Waals surface area contributed by atoms with E-state index in [0.717, 1.165) is 0 Å². The van der Waals surface area contributed by atoms with Crippen LogP contribution in [0.2, 0.25) is 0 Å². The van der Waals surface area contributed by atoms with Gasteiger partial charge in [-0.15, -0.1) is 0 Å². The summed E-state index contributed by atoms with van der Waals surface area (Å²) in [6, 6.07) is 7.15. The number of hydrogen-bond donors (Lipinski definition) is 1. The maximum atomic E-state index is 11.3. The first kappa shape index (κ1) is 12.2. The molecule has 0 saturated carbocycles. The molecule has 6 heteroatoms. The van der Waals surface area contributed by atoms with Crippen molar-refractivity contribution in [2.24, 2.45) is 0 Å². The van der Waals surface area contributed by atoms with Crippen LogP contribution >= 0.6 is 0 Å². The molecule has 94 valence electrons.